The standard InChI is InChI=1S/C12H24N2.4BH3O3/c1-6-8-9-14-10(3)12(7-2)13(5)11(14)4;4*2-1(3)4/h11H,6-9H2,1-5H3;4*2-4H. The van der Waals surface area contributed by atoms with E-state index in [0.29, 0.717) is 6.17 Å². The average Bonchev–Trinajstić information content (AvgIpc) is 2.73. The quantitative estimate of drug-likeness (QED) is 0.181. The highest BCUT2D eigenvalue weighted by Gasteiger charge is 2.28. The van der Waals surface area contributed by atoms with Gasteiger partial charge in [0, 0.05) is 25.0 Å². The van der Waals surface area contributed by atoms with Gasteiger partial charge in [-0.15, -0.1) is 0 Å². The smallest absolute Gasteiger partial charge is 0.402 e. The van der Waals surface area contributed by atoms with Crippen LogP contribution in [0.3, 0.4) is 0 Å². The number of hydrogen-bond donors (Lipinski definition) is 12. The second-order valence-corrected chi connectivity index (χ2v) is 5.56. The summed E-state index contributed by atoms with van der Waals surface area (Å²) in [6.07, 6.45) is 4.28. The van der Waals surface area contributed by atoms with E-state index >= 15 is 0 Å². The summed E-state index contributed by atoms with van der Waals surface area (Å²) in [5, 5.41) is 86.0. The molecule has 1 rings (SSSR count). The van der Waals surface area contributed by atoms with Crippen molar-refractivity contribution < 1.29 is 60.3 Å². The van der Waals surface area contributed by atoms with Crippen LogP contribution in [0.25, 0.3) is 0 Å². The van der Waals surface area contributed by atoms with Crippen LogP contribution >= 0.6 is 0 Å². The van der Waals surface area contributed by atoms with E-state index in [1.165, 1.54) is 30.8 Å². The average molecular weight is 444 g/mol. The van der Waals surface area contributed by atoms with E-state index in [2.05, 4.69) is 44.5 Å². The largest absolute Gasteiger partial charge is 0.631 e. The molecule has 178 valence electrons. The minimum Gasteiger partial charge on any atom is -0.402 e. The van der Waals surface area contributed by atoms with E-state index in [1.807, 2.05) is 0 Å². The third-order valence-corrected chi connectivity index (χ3v) is 3.37. The Hall–Kier alpha value is -0.880. The first-order chi connectivity index (χ1) is 13.6. The highest BCUT2D eigenvalue weighted by Crippen LogP contribution is 2.29. The summed E-state index contributed by atoms with van der Waals surface area (Å²) < 4.78 is 0. The molecule has 0 saturated heterocycles. The number of allylic oxidation sites excluding steroid dienone is 2. The summed E-state index contributed by atoms with van der Waals surface area (Å²) in [5.41, 5.74) is 2.99. The summed E-state index contributed by atoms with van der Waals surface area (Å²) in [6.45, 7) is 10.3. The predicted octanol–water partition coefficient (Wildman–Crippen LogP) is -5.19. The van der Waals surface area contributed by atoms with Crippen LogP contribution in [0.5, 0.6) is 0 Å². The fourth-order valence-corrected chi connectivity index (χ4v) is 2.32. The Morgan fingerprint density at radius 1 is 0.733 bits per heavy atom. The first-order valence-electron chi connectivity index (χ1n) is 8.92. The third kappa shape index (κ3) is 29.3. The molecule has 1 aliphatic rings. The van der Waals surface area contributed by atoms with Crippen LogP contribution < -0.4 is 0 Å². The zero-order valence-electron chi connectivity index (χ0n) is 18.0. The minimum absolute atomic E-state index is 0.552. The molecule has 0 aromatic heterocycles. The van der Waals surface area contributed by atoms with Crippen LogP contribution in [0, 0.1) is 0 Å². The van der Waals surface area contributed by atoms with E-state index in [-0.39, 0.29) is 0 Å². The van der Waals surface area contributed by atoms with Gasteiger partial charge in [0.15, 0.2) is 0 Å². The SMILES string of the molecule is CCCCN1C(C)=C(CC)N(C)C1C.OB(O)O.OB(O)O.OB(O)O.OB(O)O. The van der Waals surface area contributed by atoms with Gasteiger partial charge < -0.3 is 70.1 Å². The maximum absolute atomic E-state index is 7.17. The highest BCUT2D eigenvalue weighted by molar-refractivity contribution is 6.31. The van der Waals surface area contributed by atoms with Gasteiger partial charge in [-0.3, -0.25) is 0 Å². The van der Waals surface area contributed by atoms with Crippen molar-refractivity contribution in [3.8, 4) is 0 Å². The molecule has 0 aromatic carbocycles. The maximum Gasteiger partial charge on any atom is 0.631 e. The van der Waals surface area contributed by atoms with E-state index < -0.39 is 29.3 Å². The topological polar surface area (TPSA) is 249 Å². The fraction of sp³-hybridized carbons (Fsp3) is 0.833. The lowest BCUT2D eigenvalue weighted by molar-refractivity contribution is 0.176. The van der Waals surface area contributed by atoms with Gasteiger partial charge in [0.05, 0.1) is 6.17 Å². The summed E-state index contributed by atoms with van der Waals surface area (Å²) in [4.78, 5) is 4.94. The van der Waals surface area contributed by atoms with Crippen molar-refractivity contribution in [2.75, 3.05) is 13.6 Å². The molecule has 1 atom stereocenters. The lowest BCUT2D eigenvalue weighted by atomic mass is 10.2. The lowest BCUT2D eigenvalue weighted by Gasteiger charge is -2.29. The molecule has 14 nitrogen and oxygen atoms in total. The number of unbranched alkanes of at least 4 members (excludes halogenated alkanes) is 1. The lowest BCUT2D eigenvalue weighted by Crippen LogP contribution is -2.36. The number of hydrogen-bond acceptors (Lipinski definition) is 14. The van der Waals surface area contributed by atoms with Crippen molar-refractivity contribution in [2.24, 2.45) is 0 Å². The normalized spacial score (nSPS) is 14.1. The van der Waals surface area contributed by atoms with Crippen molar-refractivity contribution in [3.63, 3.8) is 0 Å². The third-order valence-electron chi connectivity index (χ3n) is 3.37. The second-order valence-electron chi connectivity index (χ2n) is 5.56. The second kappa shape index (κ2) is 22.8. The van der Waals surface area contributed by atoms with Crippen LogP contribution in [0.2, 0.25) is 0 Å². The first kappa shape index (κ1) is 36.5. The summed E-state index contributed by atoms with van der Waals surface area (Å²) in [7, 11) is -6.46. The summed E-state index contributed by atoms with van der Waals surface area (Å²) in [6, 6.07) is 0. The molecular formula is C12H36B4N2O12. The van der Waals surface area contributed by atoms with Crippen molar-refractivity contribution in [1.82, 2.24) is 9.80 Å². The molecule has 0 aliphatic carbocycles. The van der Waals surface area contributed by atoms with Crippen molar-refractivity contribution in [3.05, 3.63) is 11.4 Å². The molecule has 1 heterocycles. The number of rotatable bonds is 4. The molecule has 0 bridgehead atoms. The van der Waals surface area contributed by atoms with Crippen molar-refractivity contribution in [1.29, 1.82) is 0 Å². The van der Waals surface area contributed by atoms with Crippen LogP contribution in [0.4, 0.5) is 0 Å². The highest BCUT2D eigenvalue weighted by atomic mass is 16.5. The van der Waals surface area contributed by atoms with E-state index in [9.17, 15) is 0 Å². The Morgan fingerprint density at radius 2 is 1.03 bits per heavy atom. The van der Waals surface area contributed by atoms with Gasteiger partial charge in [0.1, 0.15) is 0 Å². The molecule has 0 radical (unpaired) electrons. The number of nitrogens with zero attached hydrogens (tertiary/aromatic N) is 2. The maximum atomic E-state index is 7.17. The van der Waals surface area contributed by atoms with Gasteiger partial charge in [-0.2, -0.15) is 0 Å². The molecule has 0 aromatic rings. The van der Waals surface area contributed by atoms with Crippen LogP contribution in [-0.2, 0) is 0 Å². The molecule has 1 unspecified atom stereocenters. The Bertz CT molecular complexity index is 372. The van der Waals surface area contributed by atoms with Gasteiger partial charge >= 0.3 is 29.3 Å². The summed E-state index contributed by atoms with van der Waals surface area (Å²) >= 11 is 0. The van der Waals surface area contributed by atoms with E-state index in [1.54, 1.807) is 0 Å². The van der Waals surface area contributed by atoms with Crippen molar-refractivity contribution in [2.45, 2.75) is 53.1 Å². The van der Waals surface area contributed by atoms with Crippen molar-refractivity contribution >= 4 is 29.3 Å². The van der Waals surface area contributed by atoms with Gasteiger partial charge in [0.25, 0.3) is 0 Å². The Kier molecular flexibility index (Phi) is 27.7. The van der Waals surface area contributed by atoms with Gasteiger partial charge in [0.2, 0.25) is 0 Å². The van der Waals surface area contributed by atoms with Crippen LogP contribution in [0.1, 0.15) is 47.0 Å². The van der Waals surface area contributed by atoms with Crippen LogP contribution in [-0.4, -0.2) is 119 Å². The van der Waals surface area contributed by atoms with Gasteiger partial charge in [-0.05, 0) is 26.7 Å². The molecule has 0 saturated carbocycles. The molecule has 1 aliphatic heterocycles. The predicted molar refractivity (Wildman–Crippen MR) is 111 cm³/mol. The first-order valence-corrected chi connectivity index (χ1v) is 8.92. The molecule has 18 heteroatoms. The van der Waals surface area contributed by atoms with Gasteiger partial charge in [-0.25, -0.2) is 0 Å². The molecule has 12 N–H and O–H groups in total. The molecule has 30 heavy (non-hydrogen) atoms. The fourth-order valence-electron chi connectivity index (χ4n) is 2.32. The molecule has 0 fully saturated rings. The minimum atomic E-state index is -2.17. The molecular weight excluding hydrogens is 407 g/mol. The molecule has 0 spiro atoms. The Balaban J connectivity index is -0.000000174. The zero-order chi connectivity index (χ0) is 25.0. The van der Waals surface area contributed by atoms with Crippen LogP contribution in [0.15, 0.2) is 11.4 Å². The Morgan fingerprint density at radius 3 is 1.23 bits per heavy atom. The van der Waals surface area contributed by atoms with E-state index in [0.717, 1.165) is 6.42 Å². The zero-order valence-corrected chi connectivity index (χ0v) is 18.0. The summed E-state index contributed by atoms with van der Waals surface area (Å²) in [5.74, 6) is 0. The monoisotopic (exact) mass is 444 g/mol. The van der Waals surface area contributed by atoms with Gasteiger partial charge in [-0.1, -0.05) is 20.3 Å². The Labute approximate surface area is 178 Å². The molecule has 0 amide bonds. The van der Waals surface area contributed by atoms with E-state index in [4.69, 9.17) is 60.3 Å².